The second-order valence-electron chi connectivity index (χ2n) is 8.54. The van der Waals surface area contributed by atoms with Gasteiger partial charge in [-0.2, -0.15) is 0 Å². The van der Waals surface area contributed by atoms with Crippen LogP contribution in [0.5, 0.6) is 5.75 Å². The molecule has 0 spiro atoms. The Balaban J connectivity index is 1.32. The molecule has 1 aromatic carbocycles. The minimum Gasteiger partial charge on any atom is -0.494 e. The molecular weight excluding hydrogens is 432 g/mol. The minimum absolute atomic E-state index is 0.000791. The minimum atomic E-state index is -0.200. The summed E-state index contributed by atoms with van der Waals surface area (Å²) in [5.41, 5.74) is 2.30. The predicted octanol–water partition coefficient (Wildman–Crippen LogP) is 2.57. The van der Waals surface area contributed by atoms with Crippen LogP contribution in [-0.2, 0) is 11.3 Å². The summed E-state index contributed by atoms with van der Waals surface area (Å²) in [7, 11) is 0. The van der Waals surface area contributed by atoms with Crippen molar-refractivity contribution in [1.29, 1.82) is 0 Å². The van der Waals surface area contributed by atoms with Crippen molar-refractivity contribution in [3.63, 3.8) is 0 Å². The van der Waals surface area contributed by atoms with Crippen LogP contribution in [0.1, 0.15) is 32.4 Å². The van der Waals surface area contributed by atoms with E-state index < -0.39 is 0 Å². The number of carbonyl (C=O) groups excluding carboxylic acids is 1. The van der Waals surface area contributed by atoms with Crippen molar-refractivity contribution < 1.29 is 9.53 Å². The Bertz CT molecular complexity index is 1170. The van der Waals surface area contributed by atoms with Gasteiger partial charge in [0.25, 0.3) is 5.56 Å². The van der Waals surface area contributed by atoms with Crippen LogP contribution in [0.2, 0.25) is 0 Å². The van der Waals surface area contributed by atoms with Crippen LogP contribution in [0.3, 0.4) is 0 Å². The molecule has 3 heterocycles. The SMILES string of the molecule is CCOc1ccc(-c2ccc(N3CCN(C(=O)Cn4cnc(C(C)C)cc4=O)CC3)nn2)cc1. The molecule has 0 radical (unpaired) electrons. The second kappa shape index (κ2) is 10.5. The molecule has 1 saturated heterocycles. The lowest BCUT2D eigenvalue weighted by atomic mass is 10.1. The molecule has 2 aromatic heterocycles. The number of aromatic nitrogens is 4. The van der Waals surface area contributed by atoms with Crippen LogP contribution in [0, 0.1) is 0 Å². The Hall–Kier alpha value is -3.75. The average molecular weight is 463 g/mol. The first-order chi connectivity index (χ1) is 16.4. The van der Waals surface area contributed by atoms with Crippen LogP contribution in [0.15, 0.2) is 53.6 Å². The summed E-state index contributed by atoms with van der Waals surface area (Å²) in [6.07, 6.45) is 1.47. The number of amides is 1. The molecule has 1 amide bonds. The van der Waals surface area contributed by atoms with E-state index in [2.05, 4.69) is 20.1 Å². The Morgan fingerprint density at radius 1 is 1.03 bits per heavy atom. The number of hydrogen-bond acceptors (Lipinski definition) is 7. The highest BCUT2D eigenvalue weighted by Gasteiger charge is 2.22. The molecule has 1 fully saturated rings. The van der Waals surface area contributed by atoms with Gasteiger partial charge in [-0.3, -0.25) is 14.2 Å². The zero-order valence-electron chi connectivity index (χ0n) is 19.8. The normalized spacial score (nSPS) is 13.9. The van der Waals surface area contributed by atoms with Crippen molar-refractivity contribution in [1.82, 2.24) is 24.6 Å². The maximum Gasteiger partial charge on any atom is 0.254 e. The third kappa shape index (κ3) is 5.41. The molecule has 0 saturated carbocycles. The summed E-state index contributed by atoms with van der Waals surface area (Å²) in [5, 5.41) is 8.78. The summed E-state index contributed by atoms with van der Waals surface area (Å²) in [6, 6.07) is 13.2. The van der Waals surface area contributed by atoms with E-state index in [0.717, 1.165) is 28.5 Å². The average Bonchev–Trinajstić information content (AvgIpc) is 2.86. The lowest BCUT2D eigenvalue weighted by Crippen LogP contribution is -2.50. The molecular formula is C25H30N6O3. The fourth-order valence-corrected chi connectivity index (χ4v) is 3.84. The van der Waals surface area contributed by atoms with E-state index in [1.54, 1.807) is 4.90 Å². The van der Waals surface area contributed by atoms with Gasteiger partial charge >= 0.3 is 0 Å². The Morgan fingerprint density at radius 2 is 1.76 bits per heavy atom. The first-order valence-corrected chi connectivity index (χ1v) is 11.6. The number of carbonyl (C=O) groups is 1. The van der Waals surface area contributed by atoms with Crippen LogP contribution in [0.25, 0.3) is 11.3 Å². The van der Waals surface area contributed by atoms with Crippen LogP contribution in [-0.4, -0.2) is 63.3 Å². The monoisotopic (exact) mass is 462 g/mol. The van der Waals surface area contributed by atoms with Crippen LogP contribution in [0.4, 0.5) is 5.82 Å². The number of anilines is 1. The van der Waals surface area contributed by atoms with Gasteiger partial charge in [0.1, 0.15) is 12.3 Å². The van der Waals surface area contributed by atoms with Gasteiger partial charge in [0.05, 0.1) is 24.3 Å². The fourth-order valence-electron chi connectivity index (χ4n) is 3.84. The molecule has 1 aliphatic heterocycles. The van der Waals surface area contributed by atoms with Gasteiger partial charge in [0, 0.05) is 37.8 Å². The number of piperazine rings is 1. The van der Waals surface area contributed by atoms with Gasteiger partial charge in [-0.25, -0.2) is 4.98 Å². The summed E-state index contributed by atoms with van der Waals surface area (Å²) in [4.78, 5) is 33.2. The number of ether oxygens (including phenoxy) is 1. The van der Waals surface area contributed by atoms with Crippen molar-refractivity contribution in [2.75, 3.05) is 37.7 Å². The van der Waals surface area contributed by atoms with Crippen LogP contribution < -0.4 is 15.2 Å². The first-order valence-electron chi connectivity index (χ1n) is 11.6. The molecule has 34 heavy (non-hydrogen) atoms. The third-order valence-electron chi connectivity index (χ3n) is 5.87. The molecule has 0 atom stereocenters. The van der Waals surface area contributed by atoms with Crippen molar-refractivity contribution in [3.05, 3.63) is 64.8 Å². The Morgan fingerprint density at radius 3 is 2.35 bits per heavy atom. The number of benzene rings is 1. The van der Waals surface area contributed by atoms with Gasteiger partial charge in [-0.1, -0.05) is 13.8 Å². The Kier molecular flexibility index (Phi) is 7.20. The Labute approximate surface area is 199 Å². The van der Waals surface area contributed by atoms with E-state index in [1.165, 1.54) is 17.0 Å². The fraction of sp³-hybridized carbons (Fsp3) is 0.400. The molecule has 4 rings (SSSR count). The molecule has 1 aliphatic rings. The molecule has 0 aliphatic carbocycles. The van der Waals surface area contributed by atoms with Gasteiger partial charge in [-0.05, 0) is 49.2 Å². The second-order valence-corrected chi connectivity index (χ2v) is 8.54. The molecule has 0 N–H and O–H groups in total. The molecule has 9 nitrogen and oxygen atoms in total. The predicted molar refractivity (Wildman–Crippen MR) is 130 cm³/mol. The van der Waals surface area contributed by atoms with Crippen molar-refractivity contribution >= 4 is 11.7 Å². The van der Waals surface area contributed by atoms with E-state index in [1.807, 2.05) is 57.2 Å². The summed E-state index contributed by atoms with van der Waals surface area (Å²) in [5.74, 6) is 1.70. The highest BCUT2D eigenvalue weighted by molar-refractivity contribution is 5.76. The highest BCUT2D eigenvalue weighted by atomic mass is 16.5. The summed E-state index contributed by atoms with van der Waals surface area (Å²) >= 11 is 0. The van der Waals surface area contributed by atoms with E-state index in [-0.39, 0.29) is 23.9 Å². The topological polar surface area (TPSA) is 93.5 Å². The largest absolute Gasteiger partial charge is 0.494 e. The number of hydrogen-bond donors (Lipinski definition) is 0. The maximum absolute atomic E-state index is 12.7. The molecule has 0 unspecified atom stereocenters. The van der Waals surface area contributed by atoms with Gasteiger partial charge in [-0.15, -0.1) is 10.2 Å². The van der Waals surface area contributed by atoms with E-state index in [9.17, 15) is 9.59 Å². The number of nitrogens with zero attached hydrogens (tertiary/aromatic N) is 6. The van der Waals surface area contributed by atoms with Gasteiger partial charge in [0.2, 0.25) is 5.91 Å². The quantitative estimate of drug-likeness (QED) is 0.533. The van der Waals surface area contributed by atoms with E-state index >= 15 is 0 Å². The van der Waals surface area contributed by atoms with E-state index in [4.69, 9.17) is 4.74 Å². The molecule has 0 bridgehead atoms. The lowest BCUT2D eigenvalue weighted by molar-refractivity contribution is -0.132. The standard InChI is InChI=1S/C25H30N6O3/c1-4-34-20-7-5-19(6-8-20)21-9-10-23(28-27-21)29-11-13-30(14-12-29)25(33)16-31-17-26-22(18(2)3)15-24(31)32/h5-10,15,17-18H,4,11-14,16H2,1-3H3. The highest BCUT2D eigenvalue weighted by Crippen LogP contribution is 2.22. The van der Waals surface area contributed by atoms with Gasteiger partial charge in [0.15, 0.2) is 5.82 Å². The van der Waals surface area contributed by atoms with Crippen molar-refractivity contribution in [2.45, 2.75) is 33.2 Å². The third-order valence-corrected chi connectivity index (χ3v) is 5.87. The van der Waals surface area contributed by atoms with E-state index in [0.29, 0.717) is 32.8 Å². The smallest absolute Gasteiger partial charge is 0.254 e. The molecule has 9 heteroatoms. The molecule has 3 aromatic rings. The lowest BCUT2D eigenvalue weighted by Gasteiger charge is -2.35. The van der Waals surface area contributed by atoms with Crippen molar-refractivity contribution in [2.24, 2.45) is 0 Å². The summed E-state index contributed by atoms with van der Waals surface area (Å²) in [6.45, 7) is 8.99. The van der Waals surface area contributed by atoms with Crippen molar-refractivity contribution in [3.8, 4) is 17.0 Å². The summed E-state index contributed by atoms with van der Waals surface area (Å²) < 4.78 is 6.85. The van der Waals surface area contributed by atoms with Gasteiger partial charge < -0.3 is 14.5 Å². The zero-order valence-corrected chi connectivity index (χ0v) is 19.8. The number of rotatable bonds is 7. The van der Waals surface area contributed by atoms with Crippen LogP contribution >= 0.6 is 0 Å². The zero-order chi connectivity index (χ0) is 24.1. The maximum atomic E-state index is 12.7. The molecule has 178 valence electrons. The first kappa shape index (κ1) is 23.4.